The van der Waals surface area contributed by atoms with E-state index in [1.807, 2.05) is 30.3 Å². The molecule has 1 unspecified atom stereocenters. The van der Waals surface area contributed by atoms with Crippen LogP contribution in [0.2, 0.25) is 0 Å². The SMILES string of the molecule is COc1cc(C(C)=O)ccc1OCCCC(=O)NC(C)C(=O)NCc1ccccc1. The molecule has 0 spiro atoms. The molecule has 160 valence electrons. The highest BCUT2D eigenvalue weighted by atomic mass is 16.5. The number of carbonyl (C=O) groups excluding carboxylic acids is 3. The molecule has 30 heavy (non-hydrogen) atoms. The number of hydrogen-bond acceptors (Lipinski definition) is 5. The lowest BCUT2D eigenvalue weighted by Crippen LogP contribution is -2.44. The van der Waals surface area contributed by atoms with Crippen LogP contribution in [0, 0.1) is 0 Å². The summed E-state index contributed by atoms with van der Waals surface area (Å²) >= 11 is 0. The molecular formula is C23H28N2O5. The van der Waals surface area contributed by atoms with Gasteiger partial charge in [-0.2, -0.15) is 0 Å². The summed E-state index contributed by atoms with van der Waals surface area (Å²) in [6.45, 7) is 3.85. The first-order valence-electron chi connectivity index (χ1n) is 9.83. The molecule has 2 aromatic carbocycles. The summed E-state index contributed by atoms with van der Waals surface area (Å²) in [4.78, 5) is 35.6. The van der Waals surface area contributed by atoms with Crippen LogP contribution in [-0.2, 0) is 16.1 Å². The molecular weight excluding hydrogens is 384 g/mol. The Balaban J connectivity index is 1.70. The second-order valence-electron chi connectivity index (χ2n) is 6.87. The van der Waals surface area contributed by atoms with Crippen molar-refractivity contribution in [3.05, 3.63) is 59.7 Å². The van der Waals surface area contributed by atoms with Crippen LogP contribution in [0.15, 0.2) is 48.5 Å². The highest BCUT2D eigenvalue weighted by Crippen LogP contribution is 2.28. The molecule has 7 heteroatoms. The van der Waals surface area contributed by atoms with E-state index in [1.165, 1.54) is 14.0 Å². The van der Waals surface area contributed by atoms with Crippen molar-refractivity contribution in [2.45, 2.75) is 39.3 Å². The summed E-state index contributed by atoms with van der Waals surface area (Å²) in [5.74, 6) is 0.462. The molecule has 0 bridgehead atoms. The third-order valence-electron chi connectivity index (χ3n) is 4.46. The Morgan fingerprint density at radius 2 is 1.77 bits per heavy atom. The van der Waals surface area contributed by atoms with E-state index in [1.54, 1.807) is 25.1 Å². The Hall–Kier alpha value is -3.35. The zero-order valence-electron chi connectivity index (χ0n) is 17.6. The van der Waals surface area contributed by atoms with Crippen molar-refractivity contribution in [3.63, 3.8) is 0 Å². The third-order valence-corrected chi connectivity index (χ3v) is 4.46. The number of benzene rings is 2. The van der Waals surface area contributed by atoms with Gasteiger partial charge in [0.15, 0.2) is 17.3 Å². The Morgan fingerprint density at radius 1 is 1.03 bits per heavy atom. The fourth-order valence-electron chi connectivity index (χ4n) is 2.74. The van der Waals surface area contributed by atoms with E-state index in [0.29, 0.717) is 36.6 Å². The summed E-state index contributed by atoms with van der Waals surface area (Å²) in [6, 6.07) is 13.9. The summed E-state index contributed by atoms with van der Waals surface area (Å²) in [5.41, 5.74) is 1.53. The van der Waals surface area contributed by atoms with E-state index in [2.05, 4.69) is 10.6 Å². The van der Waals surface area contributed by atoms with Crippen molar-refractivity contribution in [1.29, 1.82) is 0 Å². The molecule has 7 nitrogen and oxygen atoms in total. The van der Waals surface area contributed by atoms with Crippen LogP contribution in [0.4, 0.5) is 0 Å². The van der Waals surface area contributed by atoms with Gasteiger partial charge in [-0.25, -0.2) is 0 Å². The van der Waals surface area contributed by atoms with E-state index < -0.39 is 6.04 Å². The number of methoxy groups -OCH3 is 1. The second-order valence-corrected chi connectivity index (χ2v) is 6.87. The van der Waals surface area contributed by atoms with Gasteiger partial charge in [-0.1, -0.05) is 30.3 Å². The Morgan fingerprint density at radius 3 is 2.43 bits per heavy atom. The van der Waals surface area contributed by atoms with Gasteiger partial charge in [0, 0.05) is 18.5 Å². The van der Waals surface area contributed by atoms with Crippen LogP contribution in [0.1, 0.15) is 42.6 Å². The number of carbonyl (C=O) groups is 3. The molecule has 0 fully saturated rings. The van der Waals surface area contributed by atoms with Crippen molar-refractivity contribution < 1.29 is 23.9 Å². The van der Waals surface area contributed by atoms with Gasteiger partial charge in [0.05, 0.1) is 13.7 Å². The van der Waals surface area contributed by atoms with Crippen LogP contribution >= 0.6 is 0 Å². The zero-order valence-corrected chi connectivity index (χ0v) is 17.6. The molecule has 0 radical (unpaired) electrons. The topological polar surface area (TPSA) is 93.7 Å². The van der Waals surface area contributed by atoms with Gasteiger partial charge < -0.3 is 20.1 Å². The zero-order chi connectivity index (χ0) is 21.9. The molecule has 2 rings (SSSR count). The molecule has 1 atom stereocenters. The summed E-state index contributed by atoms with van der Waals surface area (Å²) in [7, 11) is 1.50. The average Bonchev–Trinajstić information content (AvgIpc) is 2.75. The molecule has 0 aliphatic carbocycles. The van der Waals surface area contributed by atoms with Crippen molar-refractivity contribution >= 4 is 17.6 Å². The first-order valence-corrected chi connectivity index (χ1v) is 9.83. The Labute approximate surface area is 176 Å². The number of ether oxygens (including phenoxy) is 2. The Kier molecular flexibility index (Phi) is 8.87. The first kappa shape index (κ1) is 22.9. The fourth-order valence-corrected chi connectivity index (χ4v) is 2.74. The monoisotopic (exact) mass is 412 g/mol. The first-order chi connectivity index (χ1) is 14.4. The normalized spacial score (nSPS) is 11.3. The third kappa shape index (κ3) is 7.24. The fraction of sp³-hybridized carbons (Fsp3) is 0.348. The quantitative estimate of drug-likeness (QED) is 0.437. The van der Waals surface area contributed by atoms with Crippen LogP contribution in [0.25, 0.3) is 0 Å². The van der Waals surface area contributed by atoms with Crippen molar-refractivity contribution in [3.8, 4) is 11.5 Å². The molecule has 2 aromatic rings. The summed E-state index contributed by atoms with van der Waals surface area (Å²) < 4.78 is 10.9. The predicted molar refractivity (Wildman–Crippen MR) is 114 cm³/mol. The number of hydrogen-bond donors (Lipinski definition) is 2. The van der Waals surface area contributed by atoms with Crippen molar-refractivity contribution in [2.24, 2.45) is 0 Å². The maximum atomic E-state index is 12.1. The van der Waals surface area contributed by atoms with E-state index in [-0.39, 0.29) is 24.0 Å². The molecule has 0 saturated carbocycles. The molecule has 0 aromatic heterocycles. The van der Waals surface area contributed by atoms with Gasteiger partial charge in [-0.05, 0) is 44.0 Å². The number of rotatable bonds is 11. The molecule has 2 N–H and O–H groups in total. The molecule has 0 saturated heterocycles. The van der Waals surface area contributed by atoms with Crippen molar-refractivity contribution in [2.75, 3.05) is 13.7 Å². The molecule has 0 aliphatic rings. The van der Waals surface area contributed by atoms with Crippen molar-refractivity contribution in [1.82, 2.24) is 10.6 Å². The number of nitrogens with one attached hydrogen (secondary N) is 2. The molecule has 0 heterocycles. The van der Waals surface area contributed by atoms with Gasteiger partial charge >= 0.3 is 0 Å². The lowest BCUT2D eigenvalue weighted by molar-refractivity contribution is -0.128. The van der Waals surface area contributed by atoms with Crippen LogP contribution < -0.4 is 20.1 Å². The highest BCUT2D eigenvalue weighted by Gasteiger charge is 2.15. The predicted octanol–water partition coefficient (Wildman–Crippen LogP) is 2.88. The lowest BCUT2D eigenvalue weighted by Gasteiger charge is -2.15. The largest absolute Gasteiger partial charge is 0.493 e. The van der Waals surface area contributed by atoms with E-state index in [4.69, 9.17) is 9.47 Å². The minimum atomic E-state index is -0.624. The smallest absolute Gasteiger partial charge is 0.242 e. The molecule has 2 amide bonds. The van der Waals surface area contributed by atoms with E-state index in [0.717, 1.165) is 5.56 Å². The second kappa shape index (κ2) is 11.6. The van der Waals surface area contributed by atoms with Gasteiger partial charge in [-0.3, -0.25) is 14.4 Å². The van der Waals surface area contributed by atoms with Gasteiger partial charge in [0.1, 0.15) is 6.04 Å². The lowest BCUT2D eigenvalue weighted by atomic mass is 10.1. The van der Waals surface area contributed by atoms with Gasteiger partial charge in [0.2, 0.25) is 11.8 Å². The molecule has 0 aliphatic heterocycles. The van der Waals surface area contributed by atoms with Gasteiger partial charge in [0.25, 0.3) is 0 Å². The highest BCUT2D eigenvalue weighted by molar-refractivity contribution is 5.94. The van der Waals surface area contributed by atoms with Crippen LogP contribution in [0.3, 0.4) is 0 Å². The van der Waals surface area contributed by atoms with E-state index >= 15 is 0 Å². The number of Topliss-reactive ketones (excluding diaryl/α,β-unsaturated/α-hetero) is 1. The average molecular weight is 412 g/mol. The number of ketones is 1. The summed E-state index contributed by atoms with van der Waals surface area (Å²) in [6.07, 6.45) is 0.700. The summed E-state index contributed by atoms with van der Waals surface area (Å²) in [5, 5.41) is 5.49. The Bertz CT molecular complexity index is 867. The maximum Gasteiger partial charge on any atom is 0.242 e. The van der Waals surface area contributed by atoms with Gasteiger partial charge in [-0.15, -0.1) is 0 Å². The van der Waals surface area contributed by atoms with Crippen LogP contribution in [0.5, 0.6) is 11.5 Å². The van der Waals surface area contributed by atoms with E-state index in [9.17, 15) is 14.4 Å². The maximum absolute atomic E-state index is 12.1. The van der Waals surface area contributed by atoms with Crippen LogP contribution in [-0.4, -0.2) is 37.4 Å². The minimum Gasteiger partial charge on any atom is -0.493 e. The standard InChI is InChI=1S/C23H28N2O5/c1-16(23(28)24-15-18-8-5-4-6-9-18)25-22(27)10-7-13-30-20-12-11-19(17(2)26)14-21(20)29-3/h4-6,8-9,11-12,14,16H,7,10,13,15H2,1-3H3,(H,24,28)(H,25,27). The minimum absolute atomic E-state index is 0.0570. The number of amides is 2.